The van der Waals surface area contributed by atoms with Crippen molar-refractivity contribution in [2.75, 3.05) is 0 Å². The van der Waals surface area contributed by atoms with Gasteiger partial charge in [-0.05, 0) is 12.8 Å². The van der Waals surface area contributed by atoms with E-state index in [1.165, 1.54) is 0 Å². The Hall–Kier alpha value is -1.85. The lowest BCUT2D eigenvalue weighted by atomic mass is 9.68. The fourth-order valence-corrected chi connectivity index (χ4v) is 1.79. The fourth-order valence-electron chi connectivity index (χ4n) is 1.79. The molecule has 1 amide bonds. The van der Waals surface area contributed by atoms with E-state index in [4.69, 9.17) is 5.11 Å². The maximum Gasteiger partial charge on any atom is 0.319 e. The molecule has 1 aromatic heterocycles. The van der Waals surface area contributed by atoms with Crippen LogP contribution < -0.4 is 5.32 Å². The van der Waals surface area contributed by atoms with Gasteiger partial charge in [-0.15, -0.1) is 0 Å². The number of nitrogens with one attached hydrogen (secondary N) is 2. The number of nitrogens with zero attached hydrogens (tertiary/aromatic N) is 1. The summed E-state index contributed by atoms with van der Waals surface area (Å²) >= 11 is 0. The van der Waals surface area contributed by atoms with E-state index in [-0.39, 0.29) is 0 Å². The zero-order chi connectivity index (χ0) is 11.6. The third-order valence-electron chi connectivity index (χ3n) is 3.06. The lowest BCUT2D eigenvalue weighted by molar-refractivity contribution is -0.162. The predicted molar refractivity (Wildman–Crippen MR) is 54.4 cm³/mol. The minimum absolute atomic E-state index is 0.310. The number of rotatable bonds is 4. The number of hydrogen-bond donors (Lipinski definition) is 3. The van der Waals surface area contributed by atoms with E-state index in [9.17, 15) is 9.59 Å². The molecule has 6 heteroatoms. The number of aromatic nitrogens is 2. The van der Waals surface area contributed by atoms with Crippen LogP contribution in [-0.2, 0) is 16.1 Å². The topological polar surface area (TPSA) is 95.1 Å². The van der Waals surface area contributed by atoms with Crippen molar-refractivity contribution in [3.8, 4) is 0 Å². The largest absolute Gasteiger partial charge is 0.480 e. The van der Waals surface area contributed by atoms with Gasteiger partial charge in [0.15, 0.2) is 0 Å². The monoisotopic (exact) mass is 223 g/mol. The van der Waals surface area contributed by atoms with Crippen LogP contribution in [0.1, 0.15) is 24.8 Å². The van der Waals surface area contributed by atoms with E-state index in [0.717, 1.165) is 12.0 Å². The molecular formula is C10H13N3O3. The van der Waals surface area contributed by atoms with Gasteiger partial charge < -0.3 is 10.4 Å². The van der Waals surface area contributed by atoms with Crippen molar-refractivity contribution in [1.82, 2.24) is 15.5 Å². The molecule has 6 nitrogen and oxygen atoms in total. The number of carboxylic acid groups (broad SMARTS) is 1. The lowest BCUT2D eigenvalue weighted by Crippen LogP contribution is -2.50. The molecule has 0 aromatic carbocycles. The highest BCUT2D eigenvalue weighted by Crippen LogP contribution is 2.41. The van der Waals surface area contributed by atoms with Gasteiger partial charge in [0.05, 0.1) is 6.20 Å². The Morgan fingerprint density at radius 3 is 2.75 bits per heavy atom. The SMILES string of the molecule is O=C(O)C1(C(=O)NCc2cn[nH]c2)CCC1. The standard InChI is InChI=1S/C10H13N3O3/c14-8(10(9(15)16)2-1-3-10)11-4-7-5-12-13-6-7/h5-6H,1-4H2,(H,11,14)(H,12,13)(H,15,16). The zero-order valence-electron chi connectivity index (χ0n) is 8.69. The first-order chi connectivity index (χ1) is 7.65. The summed E-state index contributed by atoms with van der Waals surface area (Å²) in [6.45, 7) is 0.310. The maximum atomic E-state index is 11.8. The highest BCUT2D eigenvalue weighted by molar-refractivity contribution is 6.02. The minimum Gasteiger partial charge on any atom is -0.480 e. The molecule has 0 spiro atoms. The molecule has 1 aromatic rings. The summed E-state index contributed by atoms with van der Waals surface area (Å²) in [7, 11) is 0. The average Bonchev–Trinajstić information content (AvgIpc) is 2.64. The Morgan fingerprint density at radius 1 is 1.56 bits per heavy atom. The van der Waals surface area contributed by atoms with Gasteiger partial charge in [-0.1, -0.05) is 6.42 Å². The molecule has 86 valence electrons. The summed E-state index contributed by atoms with van der Waals surface area (Å²) in [5.41, 5.74) is -0.364. The molecule has 1 saturated carbocycles. The molecule has 0 unspecified atom stereocenters. The number of H-pyrrole nitrogens is 1. The number of carboxylic acids is 1. The first-order valence-corrected chi connectivity index (χ1v) is 5.14. The Labute approximate surface area is 92.0 Å². The summed E-state index contributed by atoms with van der Waals surface area (Å²) in [4.78, 5) is 22.8. The molecule has 1 fully saturated rings. The molecule has 0 bridgehead atoms. The van der Waals surface area contributed by atoms with E-state index in [1.807, 2.05) is 0 Å². The Balaban J connectivity index is 1.95. The molecule has 2 rings (SSSR count). The van der Waals surface area contributed by atoms with Crippen molar-refractivity contribution in [1.29, 1.82) is 0 Å². The Morgan fingerprint density at radius 2 is 2.31 bits per heavy atom. The van der Waals surface area contributed by atoms with E-state index >= 15 is 0 Å². The number of amides is 1. The molecule has 0 saturated heterocycles. The molecule has 1 heterocycles. The first-order valence-electron chi connectivity index (χ1n) is 5.14. The van der Waals surface area contributed by atoms with Crippen molar-refractivity contribution < 1.29 is 14.7 Å². The second-order valence-electron chi connectivity index (χ2n) is 4.03. The Kier molecular flexibility index (Phi) is 2.64. The summed E-state index contributed by atoms with van der Waals surface area (Å²) in [5, 5.41) is 18.0. The molecule has 3 N–H and O–H groups in total. The van der Waals surface area contributed by atoms with Crippen LogP contribution in [-0.4, -0.2) is 27.2 Å². The van der Waals surface area contributed by atoms with Crippen LogP contribution >= 0.6 is 0 Å². The van der Waals surface area contributed by atoms with Gasteiger partial charge in [-0.2, -0.15) is 5.10 Å². The molecule has 1 aliphatic carbocycles. The summed E-state index contributed by atoms with van der Waals surface area (Å²) in [5.74, 6) is -1.42. The molecule has 1 aliphatic rings. The third kappa shape index (κ3) is 1.66. The van der Waals surface area contributed by atoms with Gasteiger partial charge in [-0.3, -0.25) is 14.7 Å². The number of aliphatic carboxylic acids is 1. The fraction of sp³-hybridized carbons (Fsp3) is 0.500. The van der Waals surface area contributed by atoms with Crippen LogP contribution in [0.5, 0.6) is 0 Å². The van der Waals surface area contributed by atoms with E-state index in [1.54, 1.807) is 12.4 Å². The third-order valence-corrected chi connectivity index (χ3v) is 3.06. The molecule has 0 atom stereocenters. The number of carbonyl (C=O) groups excluding carboxylic acids is 1. The van der Waals surface area contributed by atoms with Gasteiger partial charge in [0.1, 0.15) is 5.41 Å². The maximum absolute atomic E-state index is 11.8. The second-order valence-corrected chi connectivity index (χ2v) is 4.03. The highest BCUT2D eigenvalue weighted by Gasteiger charge is 2.50. The van der Waals surface area contributed by atoms with Crippen molar-refractivity contribution in [3.63, 3.8) is 0 Å². The van der Waals surface area contributed by atoms with E-state index < -0.39 is 17.3 Å². The van der Waals surface area contributed by atoms with Gasteiger partial charge in [0.2, 0.25) is 5.91 Å². The average molecular weight is 223 g/mol. The minimum atomic E-state index is -1.19. The first kappa shape index (κ1) is 10.7. The van der Waals surface area contributed by atoms with Crippen molar-refractivity contribution in [2.24, 2.45) is 5.41 Å². The normalized spacial score (nSPS) is 17.5. The second kappa shape index (κ2) is 3.96. The summed E-state index contributed by atoms with van der Waals surface area (Å²) in [6, 6.07) is 0. The number of aromatic amines is 1. The van der Waals surface area contributed by atoms with Gasteiger partial charge >= 0.3 is 5.97 Å². The van der Waals surface area contributed by atoms with Crippen molar-refractivity contribution in [3.05, 3.63) is 18.0 Å². The highest BCUT2D eigenvalue weighted by atomic mass is 16.4. The van der Waals surface area contributed by atoms with Crippen LogP contribution in [0.25, 0.3) is 0 Å². The van der Waals surface area contributed by atoms with E-state index in [0.29, 0.717) is 19.4 Å². The van der Waals surface area contributed by atoms with Gasteiger partial charge in [0, 0.05) is 18.3 Å². The summed E-state index contributed by atoms with van der Waals surface area (Å²) in [6.07, 6.45) is 4.91. The summed E-state index contributed by atoms with van der Waals surface area (Å²) < 4.78 is 0. The van der Waals surface area contributed by atoms with Gasteiger partial charge in [0.25, 0.3) is 0 Å². The van der Waals surface area contributed by atoms with Gasteiger partial charge in [-0.25, -0.2) is 0 Å². The molecule has 16 heavy (non-hydrogen) atoms. The van der Waals surface area contributed by atoms with Crippen LogP contribution in [0.2, 0.25) is 0 Å². The smallest absolute Gasteiger partial charge is 0.319 e. The number of hydrogen-bond acceptors (Lipinski definition) is 3. The molecule has 0 radical (unpaired) electrons. The zero-order valence-corrected chi connectivity index (χ0v) is 8.69. The molecule has 0 aliphatic heterocycles. The van der Waals surface area contributed by atoms with Crippen molar-refractivity contribution in [2.45, 2.75) is 25.8 Å². The van der Waals surface area contributed by atoms with E-state index in [2.05, 4.69) is 15.5 Å². The van der Waals surface area contributed by atoms with Crippen LogP contribution in [0.15, 0.2) is 12.4 Å². The van der Waals surface area contributed by atoms with Crippen molar-refractivity contribution >= 4 is 11.9 Å². The molecular weight excluding hydrogens is 210 g/mol. The van der Waals surface area contributed by atoms with Crippen LogP contribution in [0, 0.1) is 5.41 Å². The predicted octanol–water partition coefficient (Wildman–Crippen LogP) is 0.281. The van der Waals surface area contributed by atoms with Crippen LogP contribution in [0.3, 0.4) is 0 Å². The van der Waals surface area contributed by atoms with Crippen LogP contribution in [0.4, 0.5) is 0 Å². The quantitative estimate of drug-likeness (QED) is 0.639. The Bertz CT molecular complexity index is 395. The number of carbonyl (C=O) groups is 2. The lowest BCUT2D eigenvalue weighted by Gasteiger charge is -2.35.